The summed E-state index contributed by atoms with van der Waals surface area (Å²) in [4.78, 5) is 15.2. The summed E-state index contributed by atoms with van der Waals surface area (Å²) in [5.74, 6) is 2.27. The number of morpholine rings is 1. The Hall–Kier alpha value is -1.79. The Morgan fingerprint density at radius 2 is 2.08 bits per heavy atom. The maximum Gasteiger partial charge on any atom is 0.231 e. The highest BCUT2D eigenvalue weighted by Gasteiger charge is 2.45. The second kappa shape index (κ2) is 5.63. The second-order valence-electron chi connectivity index (χ2n) is 7.36. The molecule has 3 heterocycles. The fourth-order valence-corrected chi connectivity index (χ4v) is 4.04. The number of carbonyl (C=O) groups is 1. The van der Waals surface area contributed by atoms with Crippen molar-refractivity contribution in [2.45, 2.75) is 31.5 Å². The number of amides is 1. The largest absolute Gasteiger partial charge is 0.454 e. The minimum atomic E-state index is -0.0652. The molecular formula is C18H22N2O4. The molecule has 24 heavy (non-hydrogen) atoms. The van der Waals surface area contributed by atoms with E-state index in [-0.39, 0.29) is 30.8 Å². The van der Waals surface area contributed by atoms with Crippen molar-refractivity contribution in [3.05, 3.63) is 18.2 Å². The van der Waals surface area contributed by atoms with Gasteiger partial charge in [-0.2, -0.15) is 0 Å². The first-order chi connectivity index (χ1) is 11.7. The van der Waals surface area contributed by atoms with Crippen molar-refractivity contribution >= 4 is 11.6 Å². The first-order valence-corrected chi connectivity index (χ1v) is 8.83. The normalized spacial score (nSPS) is 31.2. The van der Waals surface area contributed by atoms with Gasteiger partial charge in [0.1, 0.15) is 0 Å². The van der Waals surface area contributed by atoms with Crippen LogP contribution in [0.3, 0.4) is 0 Å². The third-order valence-corrected chi connectivity index (χ3v) is 5.42. The van der Waals surface area contributed by atoms with Crippen LogP contribution in [-0.2, 0) is 9.53 Å². The SMILES string of the molecule is O=C(Nc1ccc2c(c1)OCO2)[C@@H]1C[C@H]2CN(CC3CC3)C[C@@H]1O2. The molecule has 1 N–H and O–H groups in total. The molecule has 0 aromatic heterocycles. The van der Waals surface area contributed by atoms with Crippen LogP contribution in [-0.4, -0.2) is 49.4 Å². The number of ether oxygens (including phenoxy) is 3. The van der Waals surface area contributed by atoms with Gasteiger partial charge in [0.25, 0.3) is 0 Å². The van der Waals surface area contributed by atoms with Crippen molar-refractivity contribution in [1.29, 1.82) is 0 Å². The van der Waals surface area contributed by atoms with Crippen molar-refractivity contribution in [3.63, 3.8) is 0 Å². The highest BCUT2D eigenvalue weighted by molar-refractivity contribution is 5.93. The van der Waals surface area contributed by atoms with E-state index in [0.29, 0.717) is 5.75 Å². The Bertz CT molecular complexity index is 660. The average Bonchev–Trinajstić information content (AvgIpc) is 3.16. The number of hydrogen-bond donors (Lipinski definition) is 1. The molecule has 6 heteroatoms. The quantitative estimate of drug-likeness (QED) is 0.913. The van der Waals surface area contributed by atoms with Crippen LogP contribution in [0.15, 0.2) is 18.2 Å². The maximum absolute atomic E-state index is 12.7. The summed E-state index contributed by atoms with van der Waals surface area (Å²) in [5, 5.41) is 3.02. The highest BCUT2D eigenvalue weighted by Crippen LogP contribution is 2.37. The molecule has 0 unspecified atom stereocenters. The molecule has 1 aromatic rings. The molecule has 0 radical (unpaired) electrons. The van der Waals surface area contributed by atoms with E-state index >= 15 is 0 Å². The van der Waals surface area contributed by atoms with Gasteiger partial charge >= 0.3 is 0 Å². The number of nitrogens with zero attached hydrogens (tertiary/aromatic N) is 1. The third kappa shape index (κ3) is 2.74. The summed E-state index contributed by atoms with van der Waals surface area (Å²) in [6, 6.07) is 5.51. The Kier molecular flexibility index (Phi) is 3.41. The molecule has 1 aromatic carbocycles. The Labute approximate surface area is 141 Å². The molecule has 1 aliphatic carbocycles. The lowest BCUT2D eigenvalue weighted by molar-refractivity contribution is -0.122. The van der Waals surface area contributed by atoms with Gasteiger partial charge in [0.05, 0.1) is 18.1 Å². The Morgan fingerprint density at radius 3 is 2.96 bits per heavy atom. The minimum Gasteiger partial charge on any atom is -0.454 e. The topological polar surface area (TPSA) is 60.0 Å². The third-order valence-electron chi connectivity index (χ3n) is 5.42. The van der Waals surface area contributed by atoms with E-state index in [1.807, 2.05) is 18.2 Å². The van der Waals surface area contributed by atoms with Crippen LogP contribution in [0, 0.1) is 11.8 Å². The highest BCUT2D eigenvalue weighted by atomic mass is 16.7. The van der Waals surface area contributed by atoms with Crippen LogP contribution in [0.1, 0.15) is 19.3 Å². The van der Waals surface area contributed by atoms with Gasteiger partial charge in [-0.05, 0) is 37.3 Å². The van der Waals surface area contributed by atoms with Crippen LogP contribution in [0.2, 0.25) is 0 Å². The monoisotopic (exact) mass is 330 g/mol. The first kappa shape index (κ1) is 14.5. The van der Waals surface area contributed by atoms with E-state index in [4.69, 9.17) is 14.2 Å². The molecule has 2 saturated heterocycles. The zero-order chi connectivity index (χ0) is 16.1. The standard InChI is InChI=1S/C18H22N2O4/c21-18(19-12-3-4-15-16(5-12)23-10-22-15)14-6-13-8-20(7-11-1-2-11)9-17(14)24-13/h3-5,11,13-14,17H,1-2,6-10H2,(H,19,21)/t13-,14+,17-/m0/s1. The van der Waals surface area contributed by atoms with Gasteiger partial charge < -0.3 is 19.5 Å². The minimum absolute atomic E-state index is 0.0245. The number of likely N-dealkylation sites (tertiary alicyclic amines) is 1. The van der Waals surface area contributed by atoms with Crippen LogP contribution in [0.4, 0.5) is 5.69 Å². The van der Waals surface area contributed by atoms with Crippen LogP contribution in [0.25, 0.3) is 0 Å². The predicted molar refractivity (Wildman–Crippen MR) is 87.1 cm³/mol. The molecular weight excluding hydrogens is 308 g/mol. The van der Waals surface area contributed by atoms with E-state index < -0.39 is 0 Å². The molecule has 3 atom stereocenters. The van der Waals surface area contributed by atoms with Crippen molar-refractivity contribution < 1.29 is 19.0 Å². The molecule has 6 nitrogen and oxygen atoms in total. The van der Waals surface area contributed by atoms with Crippen LogP contribution < -0.4 is 14.8 Å². The summed E-state index contributed by atoms with van der Waals surface area (Å²) in [6.45, 7) is 3.27. The number of rotatable bonds is 4. The molecule has 5 rings (SSSR count). The fourth-order valence-electron chi connectivity index (χ4n) is 4.04. The van der Waals surface area contributed by atoms with Gasteiger partial charge in [-0.1, -0.05) is 0 Å². The predicted octanol–water partition coefficient (Wildman–Crippen LogP) is 1.85. The molecule has 2 bridgehead atoms. The lowest BCUT2D eigenvalue weighted by atomic mass is 9.99. The van der Waals surface area contributed by atoms with E-state index in [1.165, 1.54) is 19.4 Å². The molecule has 3 fully saturated rings. The van der Waals surface area contributed by atoms with Gasteiger partial charge in [0, 0.05) is 31.4 Å². The van der Waals surface area contributed by atoms with Gasteiger partial charge in [-0.3, -0.25) is 9.69 Å². The van der Waals surface area contributed by atoms with E-state index in [2.05, 4.69) is 10.2 Å². The smallest absolute Gasteiger partial charge is 0.231 e. The molecule has 128 valence electrons. The summed E-state index contributed by atoms with van der Waals surface area (Å²) in [7, 11) is 0. The van der Waals surface area contributed by atoms with Gasteiger partial charge in [-0.15, -0.1) is 0 Å². The summed E-state index contributed by atoms with van der Waals surface area (Å²) in [6.07, 6.45) is 3.77. The second-order valence-corrected chi connectivity index (χ2v) is 7.36. The number of hydrogen-bond acceptors (Lipinski definition) is 5. The van der Waals surface area contributed by atoms with Crippen LogP contribution in [0.5, 0.6) is 11.5 Å². The maximum atomic E-state index is 12.7. The first-order valence-electron chi connectivity index (χ1n) is 8.83. The molecule has 3 aliphatic heterocycles. The lowest BCUT2D eigenvalue weighted by Crippen LogP contribution is -2.45. The van der Waals surface area contributed by atoms with Gasteiger partial charge in [0.2, 0.25) is 12.7 Å². The molecule has 1 saturated carbocycles. The fraction of sp³-hybridized carbons (Fsp3) is 0.611. The Balaban J connectivity index is 1.24. The van der Waals surface area contributed by atoms with Crippen molar-refractivity contribution in [2.24, 2.45) is 11.8 Å². The number of anilines is 1. The zero-order valence-electron chi connectivity index (χ0n) is 13.6. The average molecular weight is 330 g/mol. The van der Waals surface area contributed by atoms with E-state index in [1.54, 1.807) is 0 Å². The number of carbonyl (C=O) groups excluding carboxylic acids is 1. The van der Waals surface area contributed by atoms with Crippen molar-refractivity contribution in [2.75, 3.05) is 31.7 Å². The molecule has 0 spiro atoms. The number of benzene rings is 1. The lowest BCUT2D eigenvalue weighted by Gasteiger charge is -2.32. The van der Waals surface area contributed by atoms with Gasteiger partial charge in [-0.25, -0.2) is 0 Å². The molecule has 1 amide bonds. The number of fused-ring (bicyclic) bond motifs is 3. The Morgan fingerprint density at radius 1 is 1.21 bits per heavy atom. The van der Waals surface area contributed by atoms with Gasteiger partial charge in [0.15, 0.2) is 11.5 Å². The summed E-state index contributed by atoms with van der Waals surface area (Å²) < 4.78 is 16.7. The van der Waals surface area contributed by atoms with E-state index in [9.17, 15) is 4.79 Å². The van der Waals surface area contributed by atoms with Crippen LogP contribution >= 0.6 is 0 Å². The van der Waals surface area contributed by atoms with E-state index in [0.717, 1.165) is 36.9 Å². The summed E-state index contributed by atoms with van der Waals surface area (Å²) in [5.41, 5.74) is 0.750. The van der Waals surface area contributed by atoms with Crippen molar-refractivity contribution in [1.82, 2.24) is 4.90 Å². The summed E-state index contributed by atoms with van der Waals surface area (Å²) >= 11 is 0. The molecule has 4 aliphatic rings. The number of nitrogens with one attached hydrogen (secondary N) is 1. The van der Waals surface area contributed by atoms with Crippen molar-refractivity contribution in [3.8, 4) is 11.5 Å². The zero-order valence-corrected chi connectivity index (χ0v) is 13.6.